The van der Waals surface area contributed by atoms with Crippen molar-refractivity contribution in [2.24, 2.45) is 5.92 Å². The molecule has 1 aliphatic rings. The van der Waals surface area contributed by atoms with Gasteiger partial charge in [0.25, 0.3) is 0 Å². The Bertz CT molecular complexity index is 930. The molecule has 7 heteroatoms. The zero-order chi connectivity index (χ0) is 20.1. The van der Waals surface area contributed by atoms with Crippen molar-refractivity contribution >= 4 is 40.0 Å². The van der Waals surface area contributed by atoms with Gasteiger partial charge in [-0.1, -0.05) is 30.0 Å². The number of aryl methyl sites for hydroxylation is 1. The number of carbonyl (C=O) groups is 1. The zero-order valence-electron chi connectivity index (χ0n) is 16.8. The van der Waals surface area contributed by atoms with Gasteiger partial charge in [0.05, 0.1) is 16.8 Å². The van der Waals surface area contributed by atoms with Gasteiger partial charge >= 0.3 is 0 Å². The third-order valence-corrected chi connectivity index (χ3v) is 7.36. The molecule has 0 spiro atoms. The van der Waals surface area contributed by atoms with Gasteiger partial charge in [-0.3, -0.25) is 9.69 Å². The van der Waals surface area contributed by atoms with Gasteiger partial charge in [0.1, 0.15) is 0 Å². The van der Waals surface area contributed by atoms with Crippen molar-refractivity contribution in [3.63, 3.8) is 0 Å². The Morgan fingerprint density at radius 2 is 2.07 bits per heavy atom. The summed E-state index contributed by atoms with van der Waals surface area (Å²) < 4.78 is 2.18. The van der Waals surface area contributed by atoms with Crippen LogP contribution in [0.3, 0.4) is 0 Å². The van der Waals surface area contributed by atoms with Gasteiger partial charge in [-0.05, 0) is 62.4 Å². The first-order valence-electron chi connectivity index (χ1n) is 10.3. The Balaban J connectivity index is 1.20. The molecule has 1 N–H and O–H groups in total. The number of likely N-dealkylation sites (tertiary alicyclic amines) is 1. The number of imidazole rings is 1. The maximum absolute atomic E-state index is 12.4. The predicted octanol–water partition coefficient (Wildman–Crippen LogP) is 4.24. The lowest BCUT2D eigenvalue weighted by Gasteiger charge is -2.31. The van der Waals surface area contributed by atoms with E-state index in [1.807, 2.05) is 29.5 Å². The number of rotatable bonds is 8. The number of piperidine rings is 1. The van der Waals surface area contributed by atoms with Crippen LogP contribution in [0.2, 0.25) is 0 Å². The Labute approximate surface area is 180 Å². The van der Waals surface area contributed by atoms with Crippen LogP contribution in [-0.4, -0.2) is 45.7 Å². The van der Waals surface area contributed by atoms with Crippen LogP contribution in [-0.2, 0) is 17.9 Å². The second-order valence-corrected chi connectivity index (χ2v) is 9.49. The SMILES string of the molecule is CCn1c(SCC(=O)NCC2CCN(Cc3cccs3)CC2)nc2ccccc21. The first kappa shape index (κ1) is 20.4. The van der Waals surface area contributed by atoms with E-state index < -0.39 is 0 Å². The van der Waals surface area contributed by atoms with Crippen LogP contribution in [0.1, 0.15) is 24.6 Å². The standard InChI is InChI=1S/C22H28N4OS2/c1-2-26-20-8-4-3-7-19(20)24-22(26)29-16-21(27)23-14-17-9-11-25(12-10-17)15-18-6-5-13-28-18/h3-8,13,17H,2,9-12,14-16H2,1H3,(H,23,27). The van der Waals surface area contributed by atoms with Gasteiger partial charge in [-0.2, -0.15) is 0 Å². The summed E-state index contributed by atoms with van der Waals surface area (Å²) in [7, 11) is 0. The number of thiophene rings is 1. The van der Waals surface area contributed by atoms with E-state index in [9.17, 15) is 4.79 Å². The number of para-hydroxylation sites is 2. The van der Waals surface area contributed by atoms with E-state index in [0.29, 0.717) is 11.7 Å². The number of carbonyl (C=O) groups excluding carboxylic acids is 1. The molecular weight excluding hydrogens is 400 g/mol. The van der Waals surface area contributed by atoms with Crippen LogP contribution in [0.25, 0.3) is 11.0 Å². The Morgan fingerprint density at radius 1 is 1.24 bits per heavy atom. The van der Waals surface area contributed by atoms with Crippen LogP contribution in [0, 0.1) is 5.92 Å². The molecule has 1 amide bonds. The molecule has 1 fully saturated rings. The van der Waals surface area contributed by atoms with Gasteiger partial charge < -0.3 is 9.88 Å². The molecule has 3 heterocycles. The summed E-state index contributed by atoms with van der Waals surface area (Å²) >= 11 is 3.36. The number of hydrogen-bond donors (Lipinski definition) is 1. The van der Waals surface area contributed by atoms with Gasteiger partial charge in [-0.15, -0.1) is 11.3 Å². The van der Waals surface area contributed by atoms with E-state index in [1.54, 1.807) is 0 Å². The highest BCUT2D eigenvalue weighted by Gasteiger charge is 2.20. The Morgan fingerprint density at radius 3 is 2.83 bits per heavy atom. The lowest BCUT2D eigenvalue weighted by molar-refractivity contribution is -0.118. The minimum absolute atomic E-state index is 0.103. The maximum Gasteiger partial charge on any atom is 0.230 e. The third kappa shape index (κ3) is 5.21. The number of thioether (sulfide) groups is 1. The highest BCUT2D eigenvalue weighted by atomic mass is 32.2. The lowest BCUT2D eigenvalue weighted by Crippen LogP contribution is -2.38. The minimum Gasteiger partial charge on any atom is -0.355 e. The number of aromatic nitrogens is 2. The number of nitrogens with zero attached hydrogens (tertiary/aromatic N) is 3. The summed E-state index contributed by atoms with van der Waals surface area (Å²) in [6.07, 6.45) is 2.31. The molecule has 1 aliphatic heterocycles. The van der Waals surface area contributed by atoms with Crippen molar-refractivity contribution < 1.29 is 4.79 Å². The van der Waals surface area contributed by atoms with E-state index in [4.69, 9.17) is 0 Å². The molecule has 0 bridgehead atoms. The van der Waals surface area contributed by atoms with Gasteiger partial charge in [0.2, 0.25) is 5.91 Å². The molecule has 3 aromatic rings. The molecule has 0 radical (unpaired) electrons. The van der Waals surface area contributed by atoms with Crippen LogP contribution >= 0.6 is 23.1 Å². The van der Waals surface area contributed by atoms with E-state index in [1.165, 1.54) is 16.6 Å². The number of amides is 1. The summed E-state index contributed by atoms with van der Waals surface area (Å²) in [5.74, 6) is 1.11. The number of benzene rings is 1. The number of nitrogens with one attached hydrogen (secondary N) is 1. The van der Waals surface area contributed by atoms with Crippen molar-refractivity contribution in [2.75, 3.05) is 25.4 Å². The number of hydrogen-bond acceptors (Lipinski definition) is 5. The fourth-order valence-electron chi connectivity index (χ4n) is 3.88. The zero-order valence-corrected chi connectivity index (χ0v) is 18.5. The van der Waals surface area contributed by atoms with Crippen LogP contribution in [0.4, 0.5) is 0 Å². The molecule has 0 saturated carbocycles. The van der Waals surface area contributed by atoms with Gasteiger partial charge in [0.15, 0.2) is 5.16 Å². The first-order chi connectivity index (χ1) is 14.2. The van der Waals surface area contributed by atoms with E-state index in [2.05, 4.69) is 50.3 Å². The Kier molecular flexibility index (Phi) is 6.90. The van der Waals surface area contributed by atoms with E-state index in [0.717, 1.165) is 61.8 Å². The topological polar surface area (TPSA) is 50.2 Å². The maximum atomic E-state index is 12.4. The van der Waals surface area contributed by atoms with Crippen molar-refractivity contribution in [1.82, 2.24) is 19.8 Å². The molecule has 0 atom stereocenters. The second kappa shape index (κ2) is 9.78. The average Bonchev–Trinajstić information content (AvgIpc) is 3.38. The van der Waals surface area contributed by atoms with E-state index in [-0.39, 0.29) is 5.91 Å². The van der Waals surface area contributed by atoms with Crippen molar-refractivity contribution in [1.29, 1.82) is 0 Å². The van der Waals surface area contributed by atoms with Crippen LogP contribution < -0.4 is 5.32 Å². The van der Waals surface area contributed by atoms with Gasteiger partial charge in [-0.25, -0.2) is 4.98 Å². The molecule has 0 aliphatic carbocycles. The smallest absolute Gasteiger partial charge is 0.230 e. The molecule has 4 rings (SSSR count). The van der Waals surface area contributed by atoms with Crippen LogP contribution in [0.15, 0.2) is 46.9 Å². The highest BCUT2D eigenvalue weighted by molar-refractivity contribution is 7.99. The molecule has 1 saturated heterocycles. The number of fused-ring (bicyclic) bond motifs is 1. The summed E-state index contributed by atoms with van der Waals surface area (Å²) in [6, 6.07) is 12.5. The molecule has 2 aromatic heterocycles. The molecule has 154 valence electrons. The molecule has 5 nitrogen and oxygen atoms in total. The van der Waals surface area contributed by atoms with Crippen molar-refractivity contribution in [3.05, 3.63) is 46.7 Å². The summed E-state index contributed by atoms with van der Waals surface area (Å²) in [4.78, 5) is 21.0. The normalized spacial score (nSPS) is 15.8. The largest absolute Gasteiger partial charge is 0.355 e. The lowest BCUT2D eigenvalue weighted by atomic mass is 9.97. The highest BCUT2D eigenvalue weighted by Crippen LogP contribution is 2.24. The fourth-order valence-corrected chi connectivity index (χ4v) is 5.53. The van der Waals surface area contributed by atoms with E-state index >= 15 is 0 Å². The van der Waals surface area contributed by atoms with Crippen molar-refractivity contribution in [2.45, 2.75) is 38.0 Å². The molecule has 1 aromatic carbocycles. The predicted molar refractivity (Wildman–Crippen MR) is 121 cm³/mol. The average molecular weight is 429 g/mol. The molecular formula is C22H28N4OS2. The first-order valence-corrected chi connectivity index (χ1v) is 12.2. The third-order valence-electron chi connectivity index (χ3n) is 5.52. The minimum atomic E-state index is 0.103. The fraction of sp³-hybridized carbons (Fsp3) is 0.455. The summed E-state index contributed by atoms with van der Waals surface area (Å²) in [5, 5.41) is 6.21. The van der Waals surface area contributed by atoms with Gasteiger partial charge in [0, 0.05) is 24.5 Å². The van der Waals surface area contributed by atoms with Crippen molar-refractivity contribution in [3.8, 4) is 0 Å². The molecule has 0 unspecified atom stereocenters. The quantitative estimate of drug-likeness (QED) is 0.545. The summed E-state index contributed by atoms with van der Waals surface area (Å²) in [5.41, 5.74) is 2.12. The Hall–Kier alpha value is -1.83. The monoisotopic (exact) mass is 428 g/mol. The molecule has 29 heavy (non-hydrogen) atoms. The van der Waals surface area contributed by atoms with Crippen LogP contribution in [0.5, 0.6) is 0 Å². The second-order valence-electron chi connectivity index (χ2n) is 7.52. The summed E-state index contributed by atoms with van der Waals surface area (Å²) in [6.45, 7) is 7.06.